The lowest BCUT2D eigenvalue weighted by Crippen LogP contribution is -2.30. The summed E-state index contributed by atoms with van der Waals surface area (Å²) in [5.74, 6) is 0.731. The summed E-state index contributed by atoms with van der Waals surface area (Å²) >= 11 is 0. The van der Waals surface area contributed by atoms with Crippen LogP contribution in [0.3, 0.4) is 0 Å². The molecule has 0 aromatic carbocycles. The lowest BCUT2D eigenvalue weighted by molar-refractivity contribution is -0.167. The molecule has 0 aliphatic rings. The van der Waals surface area contributed by atoms with Crippen LogP contribution in [0.4, 0.5) is 0 Å². The maximum Gasteiger partial charge on any atom is 0.306 e. The number of hydrogen-bond acceptors (Lipinski definition) is 6. The van der Waals surface area contributed by atoms with E-state index in [9.17, 15) is 14.4 Å². The van der Waals surface area contributed by atoms with Gasteiger partial charge in [0.15, 0.2) is 6.10 Å². The Hall–Kier alpha value is -1.59. The van der Waals surface area contributed by atoms with Gasteiger partial charge in [-0.2, -0.15) is 0 Å². The van der Waals surface area contributed by atoms with Gasteiger partial charge >= 0.3 is 17.9 Å². The van der Waals surface area contributed by atoms with Gasteiger partial charge in [-0.05, 0) is 31.1 Å². The van der Waals surface area contributed by atoms with Crippen molar-refractivity contribution in [3.8, 4) is 0 Å². The monoisotopic (exact) mass is 751 g/mol. The minimum absolute atomic E-state index is 0.0652. The summed E-state index contributed by atoms with van der Waals surface area (Å²) < 4.78 is 16.7. The fourth-order valence-electron chi connectivity index (χ4n) is 6.93. The zero-order valence-electron chi connectivity index (χ0n) is 36.1. The van der Waals surface area contributed by atoms with Gasteiger partial charge in [-0.3, -0.25) is 14.4 Å². The van der Waals surface area contributed by atoms with Crippen LogP contribution in [0.1, 0.15) is 253 Å². The zero-order valence-corrected chi connectivity index (χ0v) is 36.1. The minimum atomic E-state index is -0.761. The molecule has 0 aliphatic heterocycles. The highest BCUT2D eigenvalue weighted by Crippen LogP contribution is 2.16. The van der Waals surface area contributed by atoms with Gasteiger partial charge in [0.1, 0.15) is 13.2 Å². The Labute approximate surface area is 329 Å². The van der Waals surface area contributed by atoms with E-state index in [-0.39, 0.29) is 31.1 Å². The molecule has 0 saturated carbocycles. The van der Waals surface area contributed by atoms with Crippen molar-refractivity contribution in [3.05, 3.63) is 0 Å². The fraction of sp³-hybridized carbons (Fsp3) is 0.936. The van der Waals surface area contributed by atoms with Gasteiger partial charge in [0.25, 0.3) is 0 Å². The van der Waals surface area contributed by atoms with Crippen LogP contribution in [0.5, 0.6) is 0 Å². The molecule has 0 rings (SSSR count). The second kappa shape index (κ2) is 40.1. The van der Waals surface area contributed by atoms with Gasteiger partial charge in [0.2, 0.25) is 0 Å². The molecular formula is C47H90O6. The van der Waals surface area contributed by atoms with Crippen LogP contribution in [0.15, 0.2) is 0 Å². The molecule has 6 heteroatoms. The van der Waals surface area contributed by atoms with Gasteiger partial charge < -0.3 is 14.2 Å². The summed E-state index contributed by atoms with van der Waals surface area (Å²) in [6.45, 7) is 11.3. The Kier molecular flexibility index (Phi) is 38.9. The number of ether oxygens (including phenoxy) is 3. The van der Waals surface area contributed by atoms with Crippen molar-refractivity contribution in [2.45, 2.75) is 259 Å². The predicted molar refractivity (Wildman–Crippen MR) is 224 cm³/mol. The van der Waals surface area contributed by atoms with Gasteiger partial charge in [-0.1, -0.05) is 214 Å². The highest BCUT2D eigenvalue weighted by molar-refractivity contribution is 5.71. The van der Waals surface area contributed by atoms with Crippen LogP contribution in [0, 0.1) is 11.8 Å². The van der Waals surface area contributed by atoms with E-state index in [1.165, 1.54) is 141 Å². The summed E-state index contributed by atoms with van der Waals surface area (Å²) in [7, 11) is 0. The molecule has 0 aliphatic carbocycles. The molecule has 53 heavy (non-hydrogen) atoms. The molecule has 0 N–H and O–H groups in total. The van der Waals surface area contributed by atoms with E-state index in [1.54, 1.807) is 0 Å². The third kappa shape index (κ3) is 41.4. The van der Waals surface area contributed by atoms with E-state index in [0.29, 0.717) is 19.3 Å². The van der Waals surface area contributed by atoms with Crippen LogP contribution in [0.25, 0.3) is 0 Å². The third-order valence-corrected chi connectivity index (χ3v) is 10.5. The quantitative estimate of drug-likeness (QED) is 0.0352. The number of unbranched alkanes of at least 4 members (excludes halogenated alkanes) is 26. The first-order valence-corrected chi connectivity index (χ1v) is 23.2. The molecule has 0 radical (unpaired) electrons. The van der Waals surface area contributed by atoms with E-state index < -0.39 is 6.10 Å². The van der Waals surface area contributed by atoms with Gasteiger partial charge in [0, 0.05) is 19.3 Å². The van der Waals surface area contributed by atoms with E-state index in [4.69, 9.17) is 14.2 Å². The third-order valence-electron chi connectivity index (χ3n) is 10.5. The average molecular weight is 751 g/mol. The van der Waals surface area contributed by atoms with Crippen molar-refractivity contribution in [2.24, 2.45) is 11.8 Å². The molecule has 0 saturated heterocycles. The smallest absolute Gasteiger partial charge is 0.306 e. The highest BCUT2D eigenvalue weighted by Gasteiger charge is 2.19. The lowest BCUT2D eigenvalue weighted by Gasteiger charge is -2.18. The van der Waals surface area contributed by atoms with Gasteiger partial charge in [-0.25, -0.2) is 0 Å². The first kappa shape index (κ1) is 51.4. The van der Waals surface area contributed by atoms with Crippen LogP contribution in [-0.4, -0.2) is 37.2 Å². The maximum absolute atomic E-state index is 12.7. The molecule has 6 nitrogen and oxygen atoms in total. The highest BCUT2D eigenvalue weighted by atomic mass is 16.6. The summed E-state index contributed by atoms with van der Waals surface area (Å²) in [5.41, 5.74) is 0. The molecule has 0 unspecified atom stereocenters. The molecule has 0 bridgehead atoms. The van der Waals surface area contributed by atoms with Crippen LogP contribution < -0.4 is 0 Å². The largest absolute Gasteiger partial charge is 0.462 e. The van der Waals surface area contributed by atoms with Crippen molar-refractivity contribution in [3.63, 3.8) is 0 Å². The summed E-state index contributed by atoms with van der Waals surface area (Å²) in [6.07, 6.45) is 38.1. The summed E-state index contributed by atoms with van der Waals surface area (Å²) in [5, 5.41) is 0. The topological polar surface area (TPSA) is 78.9 Å². The van der Waals surface area contributed by atoms with Crippen molar-refractivity contribution >= 4 is 17.9 Å². The molecular weight excluding hydrogens is 661 g/mol. The van der Waals surface area contributed by atoms with E-state index >= 15 is 0 Å². The number of carbonyl (C=O) groups is 3. The van der Waals surface area contributed by atoms with Crippen molar-refractivity contribution in [2.75, 3.05) is 13.2 Å². The molecule has 0 fully saturated rings. The van der Waals surface area contributed by atoms with Crippen molar-refractivity contribution in [1.82, 2.24) is 0 Å². The van der Waals surface area contributed by atoms with Crippen LogP contribution in [-0.2, 0) is 28.6 Å². The Morgan fingerprint density at radius 2 is 0.623 bits per heavy atom. The van der Waals surface area contributed by atoms with Crippen molar-refractivity contribution < 1.29 is 28.6 Å². The lowest BCUT2D eigenvalue weighted by atomic mass is 10.0. The number of carbonyl (C=O) groups excluding carboxylic acids is 3. The standard InChI is InChI=1S/C47H90O6/c1-6-7-8-9-10-11-12-13-14-15-22-27-32-37-45(48)51-40-44(53-47(50)39-34-29-24-19-17-21-26-31-36-43(4)5)41-52-46(49)38-33-28-23-18-16-20-25-30-35-42(2)3/h42-44H,6-41H2,1-5H3/t44-/m0/s1. The second-order valence-electron chi connectivity index (χ2n) is 17.0. The number of rotatable bonds is 41. The average Bonchev–Trinajstić information content (AvgIpc) is 3.12. The van der Waals surface area contributed by atoms with Crippen LogP contribution in [0.2, 0.25) is 0 Å². The maximum atomic E-state index is 12.7. The fourth-order valence-corrected chi connectivity index (χ4v) is 6.93. The molecule has 0 aromatic rings. The SMILES string of the molecule is CCCCCCCCCCCCCCCC(=O)OC[C@@H](COC(=O)CCCCCCCCCCC(C)C)OC(=O)CCCCCCCCCCC(C)C. The van der Waals surface area contributed by atoms with Gasteiger partial charge in [-0.15, -0.1) is 0 Å². The van der Waals surface area contributed by atoms with Crippen LogP contribution >= 0.6 is 0 Å². The predicted octanol–water partition coefficient (Wildman–Crippen LogP) is 14.6. The molecule has 1 atom stereocenters. The normalized spacial score (nSPS) is 12.1. The molecule has 0 aromatic heterocycles. The zero-order chi connectivity index (χ0) is 39.0. The molecule has 0 amide bonds. The van der Waals surface area contributed by atoms with Gasteiger partial charge in [0.05, 0.1) is 0 Å². The summed E-state index contributed by atoms with van der Waals surface area (Å²) in [4.78, 5) is 37.7. The first-order valence-electron chi connectivity index (χ1n) is 23.2. The Morgan fingerprint density at radius 3 is 0.925 bits per heavy atom. The van der Waals surface area contributed by atoms with E-state index in [2.05, 4.69) is 34.6 Å². The first-order chi connectivity index (χ1) is 25.7. The number of hydrogen-bond donors (Lipinski definition) is 0. The Morgan fingerprint density at radius 1 is 0.358 bits per heavy atom. The molecule has 0 spiro atoms. The minimum Gasteiger partial charge on any atom is -0.462 e. The second-order valence-corrected chi connectivity index (χ2v) is 17.0. The Balaban J connectivity index is 4.33. The Bertz CT molecular complexity index is 809. The summed E-state index contributed by atoms with van der Waals surface area (Å²) in [6, 6.07) is 0. The molecule has 0 heterocycles. The van der Waals surface area contributed by atoms with E-state index in [1.807, 2.05) is 0 Å². The van der Waals surface area contributed by atoms with E-state index in [0.717, 1.165) is 69.6 Å². The molecule has 314 valence electrons. The van der Waals surface area contributed by atoms with Crippen molar-refractivity contribution in [1.29, 1.82) is 0 Å². The number of esters is 3.